The fourth-order valence-corrected chi connectivity index (χ4v) is 2.01. The number of carboxylic acids is 1. The summed E-state index contributed by atoms with van der Waals surface area (Å²) in [5, 5.41) is 12.4. The Labute approximate surface area is 131 Å². The number of aromatic carboxylic acids is 1. The Morgan fingerprint density at radius 3 is 2.64 bits per heavy atom. The van der Waals surface area contributed by atoms with E-state index in [2.05, 4.69) is 10.3 Å². The number of halogens is 1. The number of hydrogen-bond donors (Lipinski definition) is 2. The summed E-state index contributed by atoms with van der Waals surface area (Å²) < 4.78 is 6.25. The zero-order chi connectivity index (χ0) is 16.1. The van der Waals surface area contributed by atoms with Gasteiger partial charge in [0.05, 0.1) is 6.20 Å². The molecule has 1 aromatic carbocycles. The van der Waals surface area contributed by atoms with Crippen LogP contribution in [-0.4, -0.2) is 33.6 Å². The number of imidazole rings is 1. The minimum Gasteiger partial charge on any atom is -0.477 e. The smallest absolute Gasteiger partial charge is 0.354 e. The molecule has 0 saturated carbocycles. The molecule has 0 aliphatic heterocycles. The molecular formula is C14H14ClN3O4. The summed E-state index contributed by atoms with van der Waals surface area (Å²) in [6, 6.07) is 6.60. The van der Waals surface area contributed by atoms with Gasteiger partial charge in [-0.25, -0.2) is 9.78 Å². The summed E-state index contributed by atoms with van der Waals surface area (Å²) in [5.74, 6) is -1.17. The van der Waals surface area contributed by atoms with Gasteiger partial charge in [-0.05, 0) is 24.3 Å². The summed E-state index contributed by atoms with van der Waals surface area (Å²) in [7, 11) is 1.47. The second-order valence-electron chi connectivity index (χ2n) is 4.44. The van der Waals surface area contributed by atoms with Crippen molar-refractivity contribution in [2.24, 2.45) is 0 Å². The first-order valence-electron chi connectivity index (χ1n) is 6.33. The van der Waals surface area contributed by atoms with Crippen LogP contribution in [0.2, 0.25) is 5.02 Å². The highest BCUT2D eigenvalue weighted by Crippen LogP contribution is 2.14. The van der Waals surface area contributed by atoms with Crippen LogP contribution in [0.25, 0.3) is 0 Å². The summed E-state index contributed by atoms with van der Waals surface area (Å²) in [5.41, 5.74) is 0.498. The van der Waals surface area contributed by atoms with E-state index in [0.29, 0.717) is 16.5 Å². The maximum atomic E-state index is 12.1. The Balaban J connectivity index is 2.14. The van der Waals surface area contributed by atoms with Gasteiger partial charge in [-0.15, -0.1) is 0 Å². The predicted molar refractivity (Wildman–Crippen MR) is 80.0 cm³/mol. The highest BCUT2D eigenvalue weighted by Gasteiger charge is 2.17. The van der Waals surface area contributed by atoms with Crippen molar-refractivity contribution in [3.63, 3.8) is 0 Å². The van der Waals surface area contributed by atoms with Gasteiger partial charge in [0.2, 0.25) is 5.91 Å². The number of aromatic nitrogens is 2. The fourth-order valence-electron chi connectivity index (χ4n) is 1.88. The molecule has 0 saturated heterocycles. The molecule has 116 valence electrons. The highest BCUT2D eigenvalue weighted by molar-refractivity contribution is 6.30. The molecule has 0 aliphatic carbocycles. The van der Waals surface area contributed by atoms with Crippen molar-refractivity contribution < 1.29 is 19.4 Å². The molecular weight excluding hydrogens is 310 g/mol. The van der Waals surface area contributed by atoms with Crippen molar-refractivity contribution in [2.75, 3.05) is 12.4 Å². The van der Waals surface area contributed by atoms with Crippen molar-refractivity contribution in [2.45, 2.75) is 13.2 Å². The van der Waals surface area contributed by atoms with E-state index in [1.807, 2.05) is 0 Å². The van der Waals surface area contributed by atoms with Gasteiger partial charge >= 0.3 is 5.97 Å². The molecule has 1 amide bonds. The van der Waals surface area contributed by atoms with Crippen LogP contribution in [0.4, 0.5) is 5.69 Å². The second kappa shape index (κ2) is 7.06. The van der Waals surface area contributed by atoms with Crippen molar-refractivity contribution >= 4 is 29.2 Å². The molecule has 2 aromatic rings. The van der Waals surface area contributed by atoms with Crippen molar-refractivity contribution in [1.29, 1.82) is 0 Å². The van der Waals surface area contributed by atoms with E-state index in [9.17, 15) is 9.59 Å². The first-order valence-corrected chi connectivity index (χ1v) is 6.71. The molecule has 7 nitrogen and oxygen atoms in total. The molecule has 2 N–H and O–H groups in total. The number of methoxy groups -OCH3 is 1. The molecule has 0 bridgehead atoms. The molecule has 1 heterocycles. The van der Waals surface area contributed by atoms with Gasteiger partial charge in [0.1, 0.15) is 24.7 Å². The highest BCUT2D eigenvalue weighted by atomic mass is 35.5. The van der Waals surface area contributed by atoms with Gasteiger partial charge in [-0.1, -0.05) is 11.6 Å². The van der Waals surface area contributed by atoms with E-state index >= 15 is 0 Å². The number of nitrogens with one attached hydrogen (secondary N) is 1. The number of hydrogen-bond acceptors (Lipinski definition) is 4. The van der Waals surface area contributed by atoms with E-state index in [1.54, 1.807) is 24.3 Å². The number of nitrogens with zero attached hydrogens (tertiary/aromatic N) is 2. The zero-order valence-electron chi connectivity index (χ0n) is 11.7. The second-order valence-corrected chi connectivity index (χ2v) is 4.88. The number of benzene rings is 1. The topological polar surface area (TPSA) is 93.4 Å². The fraction of sp³-hybridized carbons (Fsp3) is 0.214. The number of carbonyl (C=O) groups is 2. The third kappa shape index (κ3) is 3.84. The third-order valence-corrected chi connectivity index (χ3v) is 3.11. The lowest BCUT2D eigenvalue weighted by molar-refractivity contribution is -0.116. The van der Waals surface area contributed by atoms with Gasteiger partial charge in [-0.2, -0.15) is 0 Å². The monoisotopic (exact) mass is 323 g/mol. The first kappa shape index (κ1) is 16.0. The summed E-state index contributed by atoms with van der Waals surface area (Å²) in [6.07, 6.45) is 1.20. The van der Waals surface area contributed by atoms with E-state index in [4.69, 9.17) is 21.4 Å². The largest absolute Gasteiger partial charge is 0.477 e. The van der Waals surface area contributed by atoms with Crippen LogP contribution >= 0.6 is 11.6 Å². The Morgan fingerprint density at radius 2 is 2.05 bits per heavy atom. The lowest BCUT2D eigenvalue weighted by atomic mass is 10.3. The normalized spacial score (nSPS) is 10.5. The van der Waals surface area contributed by atoms with Gasteiger partial charge in [0.25, 0.3) is 0 Å². The minimum absolute atomic E-state index is 0.0710. The first-order chi connectivity index (χ1) is 10.5. The predicted octanol–water partition coefficient (Wildman–Crippen LogP) is 2.02. The molecule has 2 rings (SSSR count). The summed E-state index contributed by atoms with van der Waals surface area (Å²) in [4.78, 5) is 27.2. The number of rotatable bonds is 6. The van der Waals surface area contributed by atoms with Gasteiger partial charge in [0, 0.05) is 17.8 Å². The van der Waals surface area contributed by atoms with Gasteiger partial charge in [0.15, 0.2) is 0 Å². The Kier molecular flexibility index (Phi) is 5.13. The SMILES string of the molecule is COCc1ncc(C(=O)O)n1CC(=O)Nc1ccc(Cl)cc1. The number of carbonyl (C=O) groups excluding carboxylic acids is 1. The van der Waals surface area contributed by atoms with Crippen LogP contribution in [-0.2, 0) is 22.7 Å². The number of ether oxygens (including phenoxy) is 1. The number of anilines is 1. The standard InChI is InChI=1S/C14H14ClN3O4/c1-22-8-12-16-6-11(14(20)21)18(12)7-13(19)17-10-4-2-9(15)3-5-10/h2-6H,7-8H2,1H3,(H,17,19)(H,20,21). The minimum atomic E-state index is -1.16. The van der Waals surface area contributed by atoms with Crippen LogP contribution in [0.15, 0.2) is 30.5 Å². The molecule has 1 aromatic heterocycles. The lowest BCUT2D eigenvalue weighted by Gasteiger charge is -2.10. The average molecular weight is 324 g/mol. The molecule has 0 aliphatic rings. The van der Waals surface area contributed by atoms with E-state index in [1.165, 1.54) is 17.9 Å². The van der Waals surface area contributed by atoms with Crippen LogP contribution in [0, 0.1) is 0 Å². The van der Waals surface area contributed by atoms with E-state index < -0.39 is 5.97 Å². The Bertz CT molecular complexity index is 682. The molecule has 22 heavy (non-hydrogen) atoms. The Morgan fingerprint density at radius 1 is 1.36 bits per heavy atom. The van der Waals surface area contributed by atoms with Crippen molar-refractivity contribution in [1.82, 2.24) is 9.55 Å². The average Bonchev–Trinajstić information content (AvgIpc) is 2.85. The molecule has 0 spiro atoms. The molecule has 8 heteroatoms. The quantitative estimate of drug-likeness (QED) is 0.848. The van der Waals surface area contributed by atoms with E-state index in [-0.39, 0.29) is 24.8 Å². The van der Waals surface area contributed by atoms with Gasteiger partial charge in [-0.3, -0.25) is 4.79 Å². The maximum absolute atomic E-state index is 12.1. The third-order valence-electron chi connectivity index (χ3n) is 2.86. The molecule has 0 fully saturated rings. The van der Waals surface area contributed by atoms with Crippen molar-refractivity contribution in [3.05, 3.63) is 47.0 Å². The molecule has 0 unspecified atom stereocenters. The van der Waals surface area contributed by atoms with Gasteiger partial charge < -0.3 is 19.7 Å². The van der Waals surface area contributed by atoms with Crippen LogP contribution < -0.4 is 5.32 Å². The van der Waals surface area contributed by atoms with Crippen LogP contribution in [0.3, 0.4) is 0 Å². The lowest BCUT2D eigenvalue weighted by Crippen LogP contribution is -2.23. The summed E-state index contributed by atoms with van der Waals surface area (Å²) in [6.45, 7) is -0.0650. The molecule has 0 radical (unpaired) electrons. The maximum Gasteiger partial charge on any atom is 0.354 e. The number of amides is 1. The van der Waals surface area contributed by atoms with E-state index in [0.717, 1.165) is 0 Å². The Hall–Kier alpha value is -2.38. The number of carboxylic acid groups (broad SMARTS) is 1. The summed E-state index contributed by atoms with van der Waals surface area (Å²) >= 11 is 5.77. The van der Waals surface area contributed by atoms with Crippen LogP contribution in [0.5, 0.6) is 0 Å². The zero-order valence-corrected chi connectivity index (χ0v) is 12.5. The molecule has 0 atom stereocenters. The van der Waals surface area contributed by atoms with Crippen LogP contribution in [0.1, 0.15) is 16.3 Å². The van der Waals surface area contributed by atoms with Crippen molar-refractivity contribution in [3.8, 4) is 0 Å².